The average molecular weight is 171 g/mol. The smallest absolute Gasteiger partial charge is 0.0506 e. The Morgan fingerprint density at radius 1 is 1.23 bits per heavy atom. The molecule has 1 unspecified atom stereocenters. The Hall–Kier alpha value is -1.37. The average Bonchev–Trinajstić information content (AvgIpc) is 2.20. The molecular weight excluding hydrogens is 158 g/mol. The Morgan fingerprint density at radius 2 is 2.00 bits per heavy atom. The monoisotopic (exact) mass is 171 g/mol. The molecular formula is C12H13N. The van der Waals surface area contributed by atoms with Crippen molar-refractivity contribution >= 4 is 11.8 Å². The number of dihydropyridines is 1. The molecule has 0 amide bonds. The molecule has 1 nitrogen and oxygen atoms in total. The summed E-state index contributed by atoms with van der Waals surface area (Å²) < 4.78 is 0. The first-order valence-corrected chi connectivity index (χ1v) is 4.65. The fourth-order valence-corrected chi connectivity index (χ4v) is 1.44. The van der Waals surface area contributed by atoms with Gasteiger partial charge in [-0.05, 0) is 24.5 Å². The van der Waals surface area contributed by atoms with E-state index < -0.39 is 0 Å². The third-order valence-corrected chi connectivity index (χ3v) is 2.25. The summed E-state index contributed by atoms with van der Waals surface area (Å²) in [5, 5.41) is 0. The highest BCUT2D eigenvalue weighted by molar-refractivity contribution is 6.10. The quantitative estimate of drug-likeness (QED) is 0.616. The molecule has 0 saturated carbocycles. The van der Waals surface area contributed by atoms with E-state index in [1.807, 2.05) is 12.3 Å². The molecule has 0 spiro atoms. The van der Waals surface area contributed by atoms with Crippen LogP contribution in [0.15, 0.2) is 41.4 Å². The molecule has 0 bridgehead atoms. The number of aliphatic imine (C=N–C) groups is 1. The maximum atomic E-state index is 4.39. The number of hydrogen-bond acceptors (Lipinski definition) is 1. The van der Waals surface area contributed by atoms with Crippen molar-refractivity contribution in [1.82, 2.24) is 0 Å². The molecule has 1 aliphatic rings. The first kappa shape index (κ1) is 8.24. The van der Waals surface area contributed by atoms with E-state index in [9.17, 15) is 0 Å². The topological polar surface area (TPSA) is 12.4 Å². The predicted octanol–water partition coefficient (Wildman–Crippen LogP) is 2.93. The molecule has 0 N–H and O–H groups in total. The van der Waals surface area contributed by atoms with Crippen LogP contribution in [0.1, 0.15) is 18.9 Å². The van der Waals surface area contributed by atoms with E-state index in [1.165, 1.54) is 11.1 Å². The number of allylic oxidation sites excluding steroid dienone is 1. The van der Waals surface area contributed by atoms with Crippen LogP contribution in [0.5, 0.6) is 0 Å². The minimum absolute atomic E-state index is 0.451. The molecule has 1 atom stereocenters. The summed E-state index contributed by atoms with van der Waals surface area (Å²) >= 11 is 0. The summed E-state index contributed by atoms with van der Waals surface area (Å²) in [6, 6.07) is 10.8. The van der Waals surface area contributed by atoms with Crippen molar-refractivity contribution < 1.29 is 0 Å². The van der Waals surface area contributed by atoms with Crippen molar-refractivity contribution in [2.45, 2.75) is 19.4 Å². The first-order valence-electron chi connectivity index (χ1n) is 4.65. The minimum atomic E-state index is 0.451. The molecule has 0 saturated heterocycles. The SMILES string of the molecule is CC1CC=C(c2ccccc2)C=N1. The van der Waals surface area contributed by atoms with Crippen LogP contribution in [-0.4, -0.2) is 12.3 Å². The van der Waals surface area contributed by atoms with Gasteiger partial charge in [-0.3, -0.25) is 4.99 Å². The van der Waals surface area contributed by atoms with E-state index in [1.54, 1.807) is 0 Å². The van der Waals surface area contributed by atoms with Crippen LogP contribution in [0, 0.1) is 0 Å². The lowest BCUT2D eigenvalue weighted by atomic mass is 10.0. The second-order valence-corrected chi connectivity index (χ2v) is 3.39. The van der Waals surface area contributed by atoms with E-state index in [-0.39, 0.29) is 0 Å². The Bertz CT molecular complexity index is 335. The summed E-state index contributed by atoms with van der Waals surface area (Å²) in [6.07, 6.45) is 5.29. The number of rotatable bonds is 1. The highest BCUT2D eigenvalue weighted by Crippen LogP contribution is 2.17. The van der Waals surface area contributed by atoms with Gasteiger partial charge in [-0.25, -0.2) is 0 Å². The molecule has 0 radical (unpaired) electrons. The fraction of sp³-hybridized carbons (Fsp3) is 0.250. The Labute approximate surface area is 78.8 Å². The molecule has 0 aromatic heterocycles. The third kappa shape index (κ3) is 1.86. The van der Waals surface area contributed by atoms with Crippen LogP contribution in [0.4, 0.5) is 0 Å². The Balaban J connectivity index is 2.25. The van der Waals surface area contributed by atoms with Gasteiger partial charge in [0.05, 0.1) is 6.04 Å². The van der Waals surface area contributed by atoms with Gasteiger partial charge in [0.15, 0.2) is 0 Å². The fourth-order valence-electron chi connectivity index (χ4n) is 1.44. The van der Waals surface area contributed by atoms with E-state index >= 15 is 0 Å². The van der Waals surface area contributed by atoms with Crippen LogP contribution in [0.3, 0.4) is 0 Å². The van der Waals surface area contributed by atoms with Crippen molar-refractivity contribution in [3.05, 3.63) is 42.0 Å². The highest BCUT2D eigenvalue weighted by atomic mass is 14.8. The summed E-state index contributed by atoms with van der Waals surface area (Å²) in [6.45, 7) is 2.13. The molecule has 0 aliphatic carbocycles. The molecule has 13 heavy (non-hydrogen) atoms. The summed E-state index contributed by atoms with van der Waals surface area (Å²) in [5.74, 6) is 0. The van der Waals surface area contributed by atoms with E-state index in [0.717, 1.165) is 6.42 Å². The zero-order valence-corrected chi connectivity index (χ0v) is 7.77. The maximum absolute atomic E-state index is 4.39. The summed E-state index contributed by atoms with van der Waals surface area (Å²) in [4.78, 5) is 4.39. The van der Waals surface area contributed by atoms with E-state index in [0.29, 0.717) is 6.04 Å². The third-order valence-electron chi connectivity index (χ3n) is 2.25. The van der Waals surface area contributed by atoms with Crippen molar-refractivity contribution in [2.75, 3.05) is 0 Å². The lowest BCUT2D eigenvalue weighted by Gasteiger charge is -2.10. The van der Waals surface area contributed by atoms with Crippen LogP contribution in [0.2, 0.25) is 0 Å². The van der Waals surface area contributed by atoms with E-state index in [4.69, 9.17) is 0 Å². The van der Waals surface area contributed by atoms with Crippen LogP contribution in [0.25, 0.3) is 5.57 Å². The predicted molar refractivity (Wildman–Crippen MR) is 57.0 cm³/mol. The molecule has 66 valence electrons. The molecule has 1 aromatic rings. The summed E-state index contributed by atoms with van der Waals surface area (Å²) in [5.41, 5.74) is 2.51. The zero-order chi connectivity index (χ0) is 9.10. The van der Waals surface area contributed by atoms with Gasteiger partial charge in [0.25, 0.3) is 0 Å². The van der Waals surface area contributed by atoms with Gasteiger partial charge in [-0.15, -0.1) is 0 Å². The van der Waals surface area contributed by atoms with Gasteiger partial charge in [0.1, 0.15) is 0 Å². The standard InChI is InChI=1S/C12H13N/c1-10-7-8-12(9-13-10)11-5-3-2-4-6-11/h2-6,8-10H,7H2,1H3. The molecule has 1 heterocycles. The minimum Gasteiger partial charge on any atom is -0.289 e. The van der Waals surface area contributed by atoms with Gasteiger partial charge in [0.2, 0.25) is 0 Å². The summed E-state index contributed by atoms with van der Waals surface area (Å²) in [7, 11) is 0. The zero-order valence-electron chi connectivity index (χ0n) is 7.77. The molecule has 1 aromatic carbocycles. The number of hydrogen-bond donors (Lipinski definition) is 0. The van der Waals surface area contributed by atoms with Gasteiger partial charge >= 0.3 is 0 Å². The van der Waals surface area contributed by atoms with Crippen molar-refractivity contribution in [1.29, 1.82) is 0 Å². The van der Waals surface area contributed by atoms with E-state index in [2.05, 4.69) is 42.3 Å². The van der Waals surface area contributed by atoms with Gasteiger partial charge in [0, 0.05) is 6.21 Å². The second-order valence-electron chi connectivity index (χ2n) is 3.39. The van der Waals surface area contributed by atoms with Gasteiger partial charge in [-0.2, -0.15) is 0 Å². The first-order chi connectivity index (χ1) is 6.36. The lowest BCUT2D eigenvalue weighted by molar-refractivity contribution is 0.759. The van der Waals surface area contributed by atoms with Gasteiger partial charge < -0.3 is 0 Å². The normalized spacial score (nSPS) is 21.3. The van der Waals surface area contributed by atoms with Crippen LogP contribution >= 0.6 is 0 Å². The number of benzene rings is 1. The van der Waals surface area contributed by atoms with Gasteiger partial charge in [-0.1, -0.05) is 36.4 Å². The largest absolute Gasteiger partial charge is 0.289 e. The molecule has 0 fully saturated rings. The highest BCUT2D eigenvalue weighted by Gasteiger charge is 2.05. The van der Waals surface area contributed by atoms with Crippen LogP contribution < -0.4 is 0 Å². The molecule has 1 aliphatic heterocycles. The lowest BCUT2D eigenvalue weighted by Crippen LogP contribution is -2.02. The number of nitrogens with zero attached hydrogens (tertiary/aromatic N) is 1. The van der Waals surface area contributed by atoms with Crippen molar-refractivity contribution in [3.63, 3.8) is 0 Å². The molecule has 1 heteroatoms. The van der Waals surface area contributed by atoms with Crippen LogP contribution in [-0.2, 0) is 0 Å². The maximum Gasteiger partial charge on any atom is 0.0506 e. The second kappa shape index (κ2) is 3.56. The Morgan fingerprint density at radius 3 is 2.62 bits per heavy atom. The van der Waals surface area contributed by atoms with Crippen molar-refractivity contribution in [2.24, 2.45) is 4.99 Å². The molecule has 2 rings (SSSR count). The van der Waals surface area contributed by atoms with Crippen molar-refractivity contribution in [3.8, 4) is 0 Å². The Kier molecular flexibility index (Phi) is 2.26.